The molecule has 0 fully saturated rings. The number of allylic oxidation sites excluding steroid dienone is 1. The predicted molar refractivity (Wildman–Crippen MR) is 160 cm³/mol. The Labute approximate surface area is 230 Å². The van der Waals surface area contributed by atoms with Crippen LogP contribution in [0, 0.1) is 0 Å². The molecule has 198 valence electrons. The second-order valence-electron chi connectivity index (χ2n) is 10.6. The fourth-order valence-corrected chi connectivity index (χ4v) is 7.45. The van der Waals surface area contributed by atoms with Crippen molar-refractivity contribution in [3.63, 3.8) is 0 Å². The lowest BCUT2D eigenvalue weighted by Gasteiger charge is -2.45. The summed E-state index contributed by atoms with van der Waals surface area (Å²) in [6, 6.07) is 14.3. The molecular weight excluding hydrogens is 488 g/mol. The number of hydrogen-bond donors (Lipinski definition) is 0. The summed E-state index contributed by atoms with van der Waals surface area (Å²) in [5.41, 5.74) is 12.1. The van der Waals surface area contributed by atoms with E-state index in [1.165, 1.54) is 44.9 Å². The Morgan fingerprint density at radius 1 is 0.895 bits per heavy atom. The van der Waals surface area contributed by atoms with Gasteiger partial charge in [0.25, 0.3) is 0 Å². The highest BCUT2D eigenvalue weighted by molar-refractivity contribution is 7.07. The molecule has 2 heterocycles. The number of anilines is 2. The summed E-state index contributed by atoms with van der Waals surface area (Å²) in [7, 11) is 4.31. The smallest absolute Gasteiger partial charge is 0.139 e. The normalized spacial score (nSPS) is 18.0. The van der Waals surface area contributed by atoms with Crippen LogP contribution in [-0.4, -0.2) is 56.3 Å². The van der Waals surface area contributed by atoms with E-state index in [1.54, 1.807) is 11.3 Å². The summed E-state index contributed by atoms with van der Waals surface area (Å²) in [5.74, 6) is 0. The summed E-state index contributed by atoms with van der Waals surface area (Å²) < 4.78 is 7.82. The van der Waals surface area contributed by atoms with Gasteiger partial charge >= 0.3 is 0 Å². The summed E-state index contributed by atoms with van der Waals surface area (Å²) in [6.07, 6.45) is 5.04. The molecule has 2 aliphatic carbocycles. The Kier molecular flexibility index (Phi) is 6.26. The van der Waals surface area contributed by atoms with Crippen LogP contribution in [0.25, 0.3) is 23.0 Å². The van der Waals surface area contributed by atoms with Crippen molar-refractivity contribution in [3.8, 4) is 11.1 Å². The predicted octanol–water partition coefficient (Wildman–Crippen LogP) is 4.94. The molecule has 1 spiro atoms. The van der Waals surface area contributed by atoms with Crippen molar-refractivity contribution in [1.29, 1.82) is 0 Å². The van der Waals surface area contributed by atoms with E-state index < -0.39 is 0 Å². The van der Waals surface area contributed by atoms with E-state index in [0.29, 0.717) is 0 Å². The zero-order valence-electron chi connectivity index (χ0n) is 23.4. The molecule has 1 unspecified atom stereocenters. The van der Waals surface area contributed by atoms with Gasteiger partial charge in [-0.05, 0) is 80.3 Å². The highest BCUT2D eigenvalue weighted by Gasteiger charge is 2.54. The number of ether oxygens (including phenoxy) is 1. The van der Waals surface area contributed by atoms with Crippen molar-refractivity contribution in [3.05, 3.63) is 74.7 Å². The fraction of sp³-hybridized carbons (Fsp3) is 0.406. The number of nitrogens with zero attached hydrogens (tertiary/aromatic N) is 4. The van der Waals surface area contributed by atoms with E-state index in [2.05, 4.69) is 99.0 Å². The lowest BCUT2D eigenvalue weighted by atomic mass is 9.65. The zero-order chi connectivity index (χ0) is 26.6. The molecule has 1 aromatic heterocycles. The maximum atomic E-state index is 6.71. The van der Waals surface area contributed by atoms with Crippen LogP contribution in [0.1, 0.15) is 45.2 Å². The van der Waals surface area contributed by atoms with Gasteiger partial charge in [-0.25, -0.2) is 4.98 Å². The molecule has 0 bridgehead atoms. The highest BCUT2D eigenvalue weighted by Crippen LogP contribution is 2.59. The number of fused-ring (bicyclic) bond motifs is 8. The van der Waals surface area contributed by atoms with Crippen molar-refractivity contribution in [2.75, 3.05) is 50.1 Å². The van der Waals surface area contributed by atoms with Gasteiger partial charge in [-0.15, -0.1) is 11.3 Å². The number of rotatable bonds is 7. The van der Waals surface area contributed by atoms with Gasteiger partial charge in [-0.1, -0.05) is 12.1 Å². The van der Waals surface area contributed by atoms with Crippen molar-refractivity contribution < 1.29 is 4.74 Å². The SMILES string of the molecule is CCN(CC)c1ccc2c(c1)-c1cc(N(CC)CC)ccc1C21CC(N(C)C)=CC2=c3ncsc3=COC21. The molecule has 5 nitrogen and oxygen atoms in total. The molecular formula is C32H38N4OS. The highest BCUT2D eigenvalue weighted by atomic mass is 32.1. The van der Waals surface area contributed by atoms with Gasteiger partial charge in [0.1, 0.15) is 12.4 Å². The van der Waals surface area contributed by atoms with Gasteiger partial charge in [0.2, 0.25) is 0 Å². The van der Waals surface area contributed by atoms with Gasteiger partial charge in [0.15, 0.2) is 0 Å². The molecule has 2 aromatic carbocycles. The first-order valence-corrected chi connectivity index (χ1v) is 14.8. The monoisotopic (exact) mass is 526 g/mol. The van der Waals surface area contributed by atoms with E-state index in [9.17, 15) is 0 Å². The van der Waals surface area contributed by atoms with Crippen molar-refractivity contribution in [2.24, 2.45) is 0 Å². The van der Waals surface area contributed by atoms with Gasteiger partial charge in [-0.3, -0.25) is 0 Å². The van der Waals surface area contributed by atoms with E-state index >= 15 is 0 Å². The third-order valence-corrected chi connectivity index (χ3v) is 9.54. The van der Waals surface area contributed by atoms with Crippen LogP contribution in [0.4, 0.5) is 11.4 Å². The Balaban J connectivity index is 1.66. The summed E-state index contributed by atoms with van der Waals surface area (Å²) in [4.78, 5) is 12.0. The molecule has 0 saturated heterocycles. The first kappa shape index (κ1) is 25.1. The van der Waals surface area contributed by atoms with Gasteiger partial charge in [-0.2, -0.15) is 0 Å². The Morgan fingerprint density at radius 3 is 2.00 bits per heavy atom. The summed E-state index contributed by atoms with van der Waals surface area (Å²) in [6.45, 7) is 12.9. The molecule has 0 radical (unpaired) electrons. The molecule has 0 amide bonds. The molecule has 3 aromatic rings. The quantitative estimate of drug-likeness (QED) is 0.436. The van der Waals surface area contributed by atoms with E-state index in [1.807, 2.05) is 11.8 Å². The van der Waals surface area contributed by atoms with E-state index in [4.69, 9.17) is 9.72 Å². The molecule has 6 heteroatoms. The second-order valence-corrected chi connectivity index (χ2v) is 11.5. The van der Waals surface area contributed by atoms with Crippen LogP contribution in [0.2, 0.25) is 0 Å². The molecule has 6 rings (SSSR count). The molecule has 3 aliphatic rings. The van der Waals surface area contributed by atoms with Crippen LogP contribution < -0.4 is 19.7 Å². The third-order valence-electron chi connectivity index (χ3n) is 8.78. The lowest BCUT2D eigenvalue weighted by molar-refractivity contribution is 0.148. The minimum Gasteiger partial charge on any atom is -0.490 e. The largest absolute Gasteiger partial charge is 0.490 e. The molecule has 0 N–H and O–H groups in total. The minimum absolute atomic E-state index is 0.126. The first-order chi connectivity index (χ1) is 18.5. The van der Waals surface area contributed by atoms with Crippen molar-refractivity contribution in [1.82, 2.24) is 9.88 Å². The number of hydrogen-bond acceptors (Lipinski definition) is 6. The number of benzene rings is 2. The Hall–Kier alpha value is -3.25. The van der Waals surface area contributed by atoms with Crippen molar-refractivity contribution in [2.45, 2.75) is 45.6 Å². The molecule has 38 heavy (non-hydrogen) atoms. The molecule has 1 atom stereocenters. The van der Waals surface area contributed by atoms with Crippen LogP contribution in [0.15, 0.2) is 53.7 Å². The van der Waals surface area contributed by atoms with E-state index in [-0.39, 0.29) is 11.5 Å². The van der Waals surface area contributed by atoms with Crippen molar-refractivity contribution >= 4 is 34.5 Å². The van der Waals surface area contributed by atoms with Crippen LogP contribution in [-0.2, 0) is 10.2 Å². The second kappa shape index (κ2) is 9.49. The van der Waals surface area contributed by atoms with E-state index in [0.717, 1.165) is 42.5 Å². The maximum absolute atomic E-state index is 6.71. The van der Waals surface area contributed by atoms with Crippen LogP contribution in [0.5, 0.6) is 0 Å². The molecule has 1 aliphatic heterocycles. The zero-order valence-corrected chi connectivity index (χ0v) is 24.2. The first-order valence-electron chi connectivity index (χ1n) is 13.9. The average Bonchev–Trinajstić information content (AvgIpc) is 3.52. The number of thiazole rings is 1. The average molecular weight is 527 g/mol. The van der Waals surface area contributed by atoms with Gasteiger partial charge in [0, 0.05) is 69.3 Å². The third kappa shape index (κ3) is 3.53. The maximum Gasteiger partial charge on any atom is 0.139 e. The number of aromatic nitrogens is 1. The van der Waals surface area contributed by atoms with Crippen LogP contribution in [0.3, 0.4) is 0 Å². The summed E-state index contributed by atoms with van der Waals surface area (Å²) in [5, 5.41) is 1.07. The fourth-order valence-electron chi connectivity index (χ4n) is 6.78. The standard InChI is InChI=1S/C32H38N4OS/c1-7-35(8-2)21-11-13-27-24(15-21)25-16-22(36(9-3)10-4)12-14-28(25)32(27)18-23(34(5)6)17-26-30-29(38-20-33-30)19-37-31(26)32/h11-17,19-20,31H,7-10,18H2,1-6H3. The lowest BCUT2D eigenvalue weighted by Crippen LogP contribution is -2.49. The summed E-state index contributed by atoms with van der Waals surface area (Å²) >= 11 is 1.65. The van der Waals surface area contributed by atoms with Crippen LogP contribution >= 0.6 is 11.3 Å². The Bertz CT molecular complexity index is 1470. The minimum atomic E-state index is -0.324. The topological polar surface area (TPSA) is 31.8 Å². The van der Waals surface area contributed by atoms with Gasteiger partial charge in [0.05, 0.1) is 20.8 Å². The molecule has 0 saturated carbocycles. The van der Waals surface area contributed by atoms with Gasteiger partial charge < -0.3 is 19.4 Å². The Morgan fingerprint density at radius 2 is 1.47 bits per heavy atom.